The Bertz CT molecular complexity index is 338. The highest BCUT2D eigenvalue weighted by molar-refractivity contribution is 5.77. The second-order valence-electron chi connectivity index (χ2n) is 7.18. The van der Waals surface area contributed by atoms with Gasteiger partial charge in [0.2, 0.25) is 5.91 Å². The van der Waals surface area contributed by atoms with E-state index in [1.54, 1.807) is 0 Å². The van der Waals surface area contributed by atoms with Gasteiger partial charge in [0, 0.05) is 25.0 Å². The average Bonchev–Trinajstić information content (AvgIpc) is 3.16. The first-order valence-corrected chi connectivity index (χ1v) is 8.75. The van der Waals surface area contributed by atoms with Crippen LogP contribution in [0.4, 0.5) is 0 Å². The first kappa shape index (κ1) is 14.4. The minimum Gasteiger partial charge on any atom is -0.338 e. The van der Waals surface area contributed by atoms with Crippen LogP contribution in [0, 0.1) is 5.92 Å². The summed E-state index contributed by atoms with van der Waals surface area (Å²) in [6, 6.07) is 1.14. The molecule has 0 bridgehead atoms. The van der Waals surface area contributed by atoms with Crippen LogP contribution in [0.15, 0.2) is 0 Å². The van der Waals surface area contributed by atoms with Gasteiger partial charge < -0.3 is 9.80 Å². The molecule has 1 amide bonds. The molecule has 3 fully saturated rings. The van der Waals surface area contributed by atoms with Gasteiger partial charge in [-0.25, -0.2) is 0 Å². The Kier molecular flexibility index (Phi) is 4.65. The predicted octanol–water partition coefficient (Wildman–Crippen LogP) is 3.04. The predicted molar refractivity (Wildman–Crippen MR) is 81.6 cm³/mol. The van der Waals surface area contributed by atoms with E-state index in [9.17, 15) is 4.79 Å². The normalized spacial score (nSPS) is 32.4. The second-order valence-corrected chi connectivity index (χ2v) is 7.18. The molecule has 1 saturated carbocycles. The lowest BCUT2D eigenvalue weighted by atomic mass is 10.00. The maximum Gasteiger partial charge on any atom is 0.222 e. The Morgan fingerprint density at radius 1 is 0.950 bits per heavy atom. The monoisotopic (exact) mass is 278 g/mol. The van der Waals surface area contributed by atoms with Gasteiger partial charge in [-0.3, -0.25) is 4.79 Å². The van der Waals surface area contributed by atoms with Crippen molar-refractivity contribution in [3.63, 3.8) is 0 Å². The van der Waals surface area contributed by atoms with Gasteiger partial charge in [-0.2, -0.15) is 0 Å². The van der Waals surface area contributed by atoms with Gasteiger partial charge in [0.1, 0.15) is 0 Å². The van der Waals surface area contributed by atoms with E-state index in [1.807, 2.05) is 0 Å². The molecule has 0 aromatic rings. The van der Waals surface area contributed by atoms with Crippen LogP contribution in [0.1, 0.15) is 64.2 Å². The molecule has 0 radical (unpaired) electrons. The molecule has 2 unspecified atom stereocenters. The lowest BCUT2D eigenvalue weighted by Crippen LogP contribution is -2.47. The number of carbonyl (C=O) groups is 1. The van der Waals surface area contributed by atoms with Crippen molar-refractivity contribution >= 4 is 5.91 Å². The van der Waals surface area contributed by atoms with E-state index >= 15 is 0 Å². The molecule has 0 spiro atoms. The number of nitrogens with zero attached hydrogens (tertiary/aromatic N) is 2. The molecule has 2 aliphatic heterocycles. The minimum atomic E-state index is 0.444. The molecular formula is C17H30N2O. The lowest BCUT2D eigenvalue weighted by Gasteiger charge is -2.33. The summed E-state index contributed by atoms with van der Waals surface area (Å²) in [5.74, 6) is 1.29. The third-order valence-electron chi connectivity index (χ3n) is 5.88. The Balaban J connectivity index is 1.52. The topological polar surface area (TPSA) is 23.6 Å². The van der Waals surface area contributed by atoms with E-state index in [1.165, 1.54) is 57.9 Å². The fourth-order valence-corrected chi connectivity index (χ4v) is 4.69. The van der Waals surface area contributed by atoms with Crippen molar-refractivity contribution in [2.24, 2.45) is 5.92 Å². The van der Waals surface area contributed by atoms with E-state index in [2.05, 4.69) is 16.8 Å². The summed E-state index contributed by atoms with van der Waals surface area (Å²) in [7, 11) is 2.23. The Hall–Kier alpha value is -0.570. The van der Waals surface area contributed by atoms with Crippen LogP contribution in [0.5, 0.6) is 0 Å². The second kappa shape index (κ2) is 6.46. The Morgan fingerprint density at radius 2 is 1.65 bits per heavy atom. The van der Waals surface area contributed by atoms with Crippen LogP contribution in [0.25, 0.3) is 0 Å². The van der Waals surface area contributed by atoms with Crippen molar-refractivity contribution in [1.29, 1.82) is 0 Å². The SMILES string of the molecule is CN1CCCC1C1CCCN1C(=O)CCC1CCCC1. The number of amides is 1. The third-order valence-corrected chi connectivity index (χ3v) is 5.88. The van der Waals surface area contributed by atoms with Crippen LogP contribution < -0.4 is 0 Å². The van der Waals surface area contributed by atoms with E-state index in [0.29, 0.717) is 18.0 Å². The van der Waals surface area contributed by atoms with E-state index < -0.39 is 0 Å². The highest BCUT2D eigenvalue weighted by Gasteiger charge is 2.38. The van der Waals surface area contributed by atoms with E-state index in [0.717, 1.165) is 25.3 Å². The molecule has 1 aliphatic carbocycles. The molecule has 3 nitrogen and oxygen atoms in total. The molecule has 2 saturated heterocycles. The fraction of sp³-hybridized carbons (Fsp3) is 0.941. The number of rotatable bonds is 4. The fourth-order valence-electron chi connectivity index (χ4n) is 4.69. The van der Waals surface area contributed by atoms with E-state index in [-0.39, 0.29) is 0 Å². The first-order valence-electron chi connectivity index (χ1n) is 8.75. The summed E-state index contributed by atoms with van der Waals surface area (Å²) >= 11 is 0. The maximum atomic E-state index is 12.6. The highest BCUT2D eigenvalue weighted by atomic mass is 16.2. The van der Waals surface area contributed by atoms with Gasteiger partial charge in [-0.05, 0) is 51.6 Å². The summed E-state index contributed by atoms with van der Waals surface area (Å²) < 4.78 is 0. The summed E-state index contributed by atoms with van der Waals surface area (Å²) in [5.41, 5.74) is 0. The molecule has 114 valence electrons. The molecule has 0 N–H and O–H groups in total. The van der Waals surface area contributed by atoms with Crippen LogP contribution in [-0.2, 0) is 4.79 Å². The number of hydrogen-bond donors (Lipinski definition) is 0. The summed E-state index contributed by atoms with van der Waals surface area (Å²) in [6.45, 7) is 2.23. The molecule has 2 atom stereocenters. The zero-order valence-electron chi connectivity index (χ0n) is 13.0. The van der Waals surface area contributed by atoms with E-state index in [4.69, 9.17) is 0 Å². The van der Waals surface area contributed by atoms with Crippen LogP contribution in [0.2, 0.25) is 0 Å². The molecule has 2 heterocycles. The highest BCUT2D eigenvalue weighted by Crippen LogP contribution is 2.32. The summed E-state index contributed by atoms with van der Waals surface area (Å²) in [5, 5.41) is 0. The molecule has 3 rings (SSSR count). The van der Waals surface area contributed by atoms with Gasteiger partial charge >= 0.3 is 0 Å². The Morgan fingerprint density at radius 3 is 2.35 bits per heavy atom. The van der Waals surface area contributed by atoms with Gasteiger partial charge in [-0.1, -0.05) is 25.7 Å². The lowest BCUT2D eigenvalue weighted by molar-refractivity contribution is -0.133. The average molecular weight is 278 g/mol. The zero-order chi connectivity index (χ0) is 13.9. The first-order chi connectivity index (χ1) is 9.75. The maximum absolute atomic E-state index is 12.6. The quantitative estimate of drug-likeness (QED) is 0.789. The number of likely N-dealkylation sites (tertiary alicyclic amines) is 2. The summed E-state index contributed by atoms with van der Waals surface area (Å²) in [6.07, 6.45) is 12.5. The number of hydrogen-bond acceptors (Lipinski definition) is 2. The zero-order valence-corrected chi connectivity index (χ0v) is 13.0. The smallest absolute Gasteiger partial charge is 0.222 e. The van der Waals surface area contributed by atoms with Crippen molar-refractivity contribution in [1.82, 2.24) is 9.80 Å². The van der Waals surface area contributed by atoms with Crippen molar-refractivity contribution in [3.05, 3.63) is 0 Å². The van der Waals surface area contributed by atoms with Gasteiger partial charge in [0.05, 0.1) is 0 Å². The molecule has 0 aromatic heterocycles. The van der Waals surface area contributed by atoms with Crippen LogP contribution in [-0.4, -0.2) is 47.9 Å². The van der Waals surface area contributed by atoms with Crippen molar-refractivity contribution in [2.45, 2.75) is 76.3 Å². The van der Waals surface area contributed by atoms with Crippen molar-refractivity contribution < 1.29 is 4.79 Å². The Labute approximate surface area is 123 Å². The molecule has 3 aliphatic rings. The largest absolute Gasteiger partial charge is 0.338 e. The molecule has 0 aromatic carbocycles. The van der Waals surface area contributed by atoms with Gasteiger partial charge in [-0.15, -0.1) is 0 Å². The number of likely N-dealkylation sites (N-methyl/N-ethyl adjacent to an activating group) is 1. The number of carbonyl (C=O) groups excluding carboxylic acids is 1. The standard InChI is InChI=1S/C17H30N2O/c1-18-12-4-8-15(18)16-9-5-13-19(16)17(20)11-10-14-6-2-3-7-14/h14-16H,2-13H2,1H3. The minimum absolute atomic E-state index is 0.444. The van der Waals surface area contributed by atoms with Crippen molar-refractivity contribution in [2.75, 3.05) is 20.1 Å². The molecular weight excluding hydrogens is 248 g/mol. The summed E-state index contributed by atoms with van der Waals surface area (Å²) in [4.78, 5) is 17.3. The van der Waals surface area contributed by atoms with Crippen LogP contribution >= 0.6 is 0 Å². The van der Waals surface area contributed by atoms with Gasteiger partial charge in [0.25, 0.3) is 0 Å². The molecule has 20 heavy (non-hydrogen) atoms. The van der Waals surface area contributed by atoms with Crippen LogP contribution in [0.3, 0.4) is 0 Å². The van der Waals surface area contributed by atoms with Gasteiger partial charge in [0.15, 0.2) is 0 Å². The van der Waals surface area contributed by atoms with Crippen molar-refractivity contribution in [3.8, 4) is 0 Å². The third kappa shape index (κ3) is 3.03. The molecule has 3 heteroatoms.